The van der Waals surface area contributed by atoms with E-state index in [-0.39, 0.29) is 30.2 Å². The maximum Gasteiger partial charge on any atom is 0.267 e. The third-order valence-electron chi connectivity index (χ3n) is 5.97. The van der Waals surface area contributed by atoms with Crippen LogP contribution in [0.15, 0.2) is 24.5 Å². The van der Waals surface area contributed by atoms with Crippen LogP contribution in [0.1, 0.15) is 45.2 Å². The van der Waals surface area contributed by atoms with E-state index < -0.39 is 6.04 Å². The zero-order valence-corrected chi connectivity index (χ0v) is 20.3. The summed E-state index contributed by atoms with van der Waals surface area (Å²) in [6.45, 7) is 5.08. The number of likely N-dealkylation sites (N-methyl/N-ethyl adjacent to an activating group) is 1. The number of amides is 2. The highest BCUT2D eigenvalue weighted by molar-refractivity contribution is 7.17. The molecule has 0 radical (unpaired) electrons. The molecule has 2 amide bonds. The van der Waals surface area contributed by atoms with Crippen LogP contribution in [0, 0.1) is 20.8 Å². The number of carbonyl (C=O) groups excluding carboxylic acids is 2. The number of nitrogens with zero attached hydrogens (tertiary/aromatic N) is 4. The monoisotopic (exact) mass is 484 g/mol. The molecule has 0 aliphatic heterocycles. The molecule has 2 aromatic heterocycles. The molecule has 180 valence electrons. The molecule has 1 unspecified atom stereocenters. The zero-order valence-electron chi connectivity index (χ0n) is 19.5. The van der Waals surface area contributed by atoms with Gasteiger partial charge in [-0.1, -0.05) is 17.4 Å². The van der Waals surface area contributed by atoms with Gasteiger partial charge in [-0.25, -0.2) is 4.98 Å². The van der Waals surface area contributed by atoms with Crippen LogP contribution < -0.4 is 10.6 Å². The van der Waals surface area contributed by atoms with E-state index in [9.17, 15) is 19.8 Å². The van der Waals surface area contributed by atoms with E-state index in [0.29, 0.717) is 27.1 Å². The van der Waals surface area contributed by atoms with Gasteiger partial charge in [-0.3, -0.25) is 14.3 Å². The van der Waals surface area contributed by atoms with Gasteiger partial charge in [0.2, 0.25) is 5.91 Å². The summed E-state index contributed by atoms with van der Waals surface area (Å²) in [5, 5.41) is 30.6. The first-order valence-corrected chi connectivity index (χ1v) is 11.8. The predicted molar refractivity (Wildman–Crippen MR) is 130 cm³/mol. The van der Waals surface area contributed by atoms with Crippen LogP contribution in [-0.4, -0.2) is 61.4 Å². The summed E-state index contributed by atoms with van der Waals surface area (Å²) in [5.74, 6) is 0.0892. The molecule has 3 aromatic rings. The standard InChI is InChI=1S/C23H28N6O4S/c1-12-5-8-17(31)14(3)19(12)25-21(32)18-9-24-23(34-18)26-20-13(2)10-29(27-20)16(11-30)22(33)28(4)15-6-7-15/h5,8-10,15-16,30-31H,6-7,11H2,1-4H3,(H,25,32)(H,24,26,27). The lowest BCUT2D eigenvalue weighted by Crippen LogP contribution is -2.37. The van der Waals surface area contributed by atoms with Gasteiger partial charge < -0.3 is 25.7 Å². The first-order chi connectivity index (χ1) is 16.2. The lowest BCUT2D eigenvalue weighted by molar-refractivity contribution is -0.135. The molecule has 1 atom stereocenters. The minimum atomic E-state index is -0.800. The lowest BCUT2D eigenvalue weighted by atomic mass is 10.1. The van der Waals surface area contributed by atoms with Crippen molar-refractivity contribution >= 4 is 39.8 Å². The second kappa shape index (κ2) is 9.43. The van der Waals surface area contributed by atoms with E-state index in [2.05, 4.69) is 20.7 Å². The zero-order chi connectivity index (χ0) is 24.6. The summed E-state index contributed by atoms with van der Waals surface area (Å²) in [6, 6.07) is 2.77. The SMILES string of the molecule is Cc1cn(C(CO)C(=O)N(C)C2CC2)nc1Nc1ncc(C(=O)Nc2c(C)ccc(O)c2C)s1. The summed E-state index contributed by atoms with van der Waals surface area (Å²) in [6.07, 6.45) is 5.13. The fraction of sp³-hybridized carbons (Fsp3) is 0.391. The van der Waals surface area contributed by atoms with Crippen molar-refractivity contribution in [1.82, 2.24) is 19.7 Å². The molecule has 1 aliphatic carbocycles. The Morgan fingerprint density at radius 2 is 2.00 bits per heavy atom. The Kier molecular flexibility index (Phi) is 6.58. The van der Waals surface area contributed by atoms with Crippen LogP contribution in [-0.2, 0) is 4.79 Å². The number of rotatable bonds is 8. The topological polar surface area (TPSA) is 133 Å². The average Bonchev–Trinajstić information content (AvgIpc) is 3.46. The van der Waals surface area contributed by atoms with Crippen LogP contribution in [0.3, 0.4) is 0 Å². The van der Waals surface area contributed by atoms with Crippen molar-refractivity contribution < 1.29 is 19.8 Å². The third kappa shape index (κ3) is 4.75. The Balaban J connectivity index is 1.47. The van der Waals surface area contributed by atoms with Gasteiger partial charge >= 0.3 is 0 Å². The third-order valence-corrected chi connectivity index (χ3v) is 6.88. The number of anilines is 3. The number of aryl methyl sites for hydroxylation is 2. The smallest absolute Gasteiger partial charge is 0.267 e. The molecule has 1 aromatic carbocycles. The largest absolute Gasteiger partial charge is 0.508 e. The Labute approximate surface area is 201 Å². The van der Waals surface area contributed by atoms with Crippen molar-refractivity contribution in [2.45, 2.75) is 45.7 Å². The maximum atomic E-state index is 12.8. The van der Waals surface area contributed by atoms with E-state index in [0.717, 1.165) is 35.3 Å². The number of thiazole rings is 1. The van der Waals surface area contributed by atoms with E-state index in [1.807, 2.05) is 13.8 Å². The van der Waals surface area contributed by atoms with Crippen LogP contribution in [0.4, 0.5) is 16.6 Å². The van der Waals surface area contributed by atoms with Crippen molar-refractivity contribution in [2.24, 2.45) is 0 Å². The summed E-state index contributed by atoms with van der Waals surface area (Å²) in [5.41, 5.74) is 2.77. The number of nitrogens with one attached hydrogen (secondary N) is 2. The van der Waals surface area contributed by atoms with Crippen LogP contribution in [0.5, 0.6) is 5.75 Å². The number of phenolic OH excluding ortho intramolecular Hbond substituents is 1. The Hall–Kier alpha value is -3.44. The minimum absolute atomic E-state index is 0.113. The number of aromatic nitrogens is 3. The fourth-order valence-electron chi connectivity index (χ4n) is 3.66. The molecule has 1 saturated carbocycles. The van der Waals surface area contributed by atoms with E-state index in [1.165, 1.54) is 10.9 Å². The summed E-state index contributed by atoms with van der Waals surface area (Å²) >= 11 is 1.16. The number of aliphatic hydroxyl groups is 1. The second-order valence-corrected chi connectivity index (χ2v) is 9.56. The van der Waals surface area contributed by atoms with Crippen molar-refractivity contribution in [3.05, 3.63) is 46.1 Å². The maximum absolute atomic E-state index is 12.8. The van der Waals surface area contributed by atoms with Gasteiger partial charge in [0.25, 0.3) is 5.91 Å². The molecule has 0 bridgehead atoms. The number of hydrogen-bond acceptors (Lipinski definition) is 8. The molecule has 4 rings (SSSR count). The molecule has 0 spiro atoms. The van der Waals surface area contributed by atoms with Crippen molar-refractivity contribution in [3.63, 3.8) is 0 Å². The first-order valence-electron chi connectivity index (χ1n) is 11.0. The lowest BCUT2D eigenvalue weighted by Gasteiger charge is -2.22. The number of phenols is 1. The fourth-order valence-corrected chi connectivity index (χ4v) is 4.37. The highest BCUT2D eigenvalue weighted by Gasteiger charge is 2.34. The van der Waals surface area contributed by atoms with Crippen molar-refractivity contribution in [2.75, 3.05) is 24.3 Å². The summed E-state index contributed by atoms with van der Waals surface area (Å²) < 4.78 is 1.47. The molecule has 34 heavy (non-hydrogen) atoms. The van der Waals surface area contributed by atoms with Gasteiger partial charge in [0.1, 0.15) is 10.6 Å². The Morgan fingerprint density at radius 3 is 2.68 bits per heavy atom. The molecule has 4 N–H and O–H groups in total. The Bertz CT molecular complexity index is 1230. The predicted octanol–water partition coefficient (Wildman–Crippen LogP) is 3.12. The van der Waals surface area contributed by atoms with Gasteiger partial charge in [0.05, 0.1) is 18.5 Å². The molecule has 1 fully saturated rings. The van der Waals surface area contributed by atoms with Crippen LogP contribution in [0.25, 0.3) is 0 Å². The molecular formula is C23H28N6O4S. The van der Waals surface area contributed by atoms with Gasteiger partial charge in [-0.15, -0.1) is 0 Å². The van der Waals surface area contributed by atoms with Gasteiger partial charge in [0.15, 0.2) is 17.0 Å². The first kappa shape index (κ1) is 23.7. The molecule has 10 nitrogen and oxygen atoms in total. The van der Waals surface area contributed by atoms with E-state index in [4.69, 9.17) is 0 Å². The number of benzene rings is 1. The quantitative estimate of drug-likeness (QED) is 0.386. The second-order valence-electron chi connectivity index (χ2n) is 8.53. The van der Waals surface area contributed by atoms with E-state index >= 15 is 0 Å². The highest BCUT2D eigenvalue weighted by atomic mass is 32.1. The van der Waals surface area contributed by atoms with Crippen molar-refractivity contribution in [1.29, 1.82) is 0 Å². The number of hydrogen-bond donors (Lipinski definition) is 4. The molecule has 11 heteroatoms. The molecule has 0 saturated heterocycles. The Morgan fingerprint density at radius 1 is 1.26 bits per heavy atom. The number of aliphatic hydroxyl groups excluding tert-OH is 1. The summed E-state index contributed by atoms with van der Waals surface area (Å²) in [4.78, 5) is 31.8. The average molecular weight is 485 g/mol. The van der Waals surface area contributed by atoms with Gasteiger partial charge in [-0.05, 0) is 45.2 Å². The van der Waals surface area contributed by atoms with E-state index in [1.54, 1.807) is 37.2 Å². The van der Waals surface area contributed by atoms with Gasteiger partial charge in [0, 0.05) is 30.4 Å². The normalized spacial score (nSPS) is 14.0. The van der Waals surface area contributed by atoms with Gasteiger partial charge in [-0.2, -0.15) is 5.10 Å². The van der Waals surface area contributed by atoms with Crippen LogP contribution >= 0.6 is 11.3 Å². The minimum Gasteiger partial charge on any atom is -0.508 e. The number of carbonyl (C=O) groups is 2. The molecular weight excluding hydrogens is 456 g/mol. The van der Waals surface area contributed by atoms with Crippen molar-refractivity contribution in [3.8, 4) is 5.75 Å². The molecule has 2 heterocycles. The summed E-state index contributed by atoms with van der Waals surface area (Å²) in [7, 11) is 1.75. The highest BCUT2D eigenvalue weighted by Crippen LogP contribution is 2.31. The number of aromatic hydroxyl groups is 1. The molecule has 1 aliphatic rings. The van der Waals surface area contributed by atoms with Crippen LogP contribution in [0.2, 0.25) is 0 Å².